The zero-order valence-corrected chi connectivity index (χ0v) is 28.6. The number of nitrogens with one attached hydrogen (secondary N) is 4. The molecule has 40 heavy (non-hydrogen) atoms. The standard InChI is InChI=1S/C34H58N4P2/c1-31(2,3)24-14-26(33-16-21-11-22(17-33)13-23(12-21)28(33)20-39)27(15-25(24)32(4,5)6)34(40,29-18-35-7-9-37-29)30-19-36-8-10-38-30/h14-15,21-23,28-30,35-38H,7-13,16-20,39-40H2,1-6H3. The van der Waals surface area contributed by atoms with Crippen LogP contribution in [0, 0.1) is 23.7 Å². The summed E-state index contributed by atoms with van der Waals surface area (Å²) in [6.45, 7) is 20.8. The molecule has 4 N–H and O–H groups in total. The van der Waals surface area contributed by atoms with Crippen LogP contribution in [0.25, 0.3) is 0 Å². The van der Waals surface area contributed by atoms with Crippen LogP contribution in [-0.2, 0) is 21.4 Å². The summed E-state index contributed by atoms with van der Waals surface area (Å²) in [4.78, 5) is 0. The van der Waals surface area contributed by atoms with Gasteiger partial charge < -0.3 is 21.3 Å². The number of hydrogen-bond acceptors (Lipinski definition) is 4. The molecule has 0 amide bonds. The second-order valence-corrected chi connectivity index (χ2v) is 17.8. The Hall–Kier alpha value is -0.0800. The Bertz CT molecular complexity index is 1040. The van der Waals surface area contributed by atoms with Crippen molar-refractivity contribution in [2.24, 2.45) is 23.7 Å². The molecule has 6 heteroatoms. The smallest absolute Gasteiger partial charge is 0.0429 e. The van der Waals surface area contributed by atoms with Crippen molar-refractivity contribution in [1.82, 2.24) is 21.3 Å². The maximum atomic E-state index is 4.03. The van der Waals surface area contributed by atoms with E-state index in [1.54, 1.807) is 22.3 Å². The Morgan fingerprint density at radius 1 is 0.750 bits per heavy atom. The molecule has 7 rings (SSSR count). The highest BCUT2D eigenvalue weighted by atomic mass is 31.0. The van der Waals surface area contributed by atoms with Crippen LogP contribution in [0.15, 0.2) is 12.1 Å². The summed E-state index contributed by atoms with van der Waals surface area (Å²) in [5, 5.41) is 15.5. The van der Waals surface area contributed by atoms with Crippen LogP contribution in [-0.4, -0.2) is 57.5 Å². The van der Waals surface area contributed by atoms with Crippen molar-refractivity contribution in [2.75, 3.05) is 45.4 Å². The molecule has 2 saturated heterocycles. The topological polar surface area (TPSA) is 48.1 Å². The second-order valence-electron chi connectivity index (χ2n) is 16.4. The average molecular weight is 585 g/mol. The third-order valence-corrected chi connectivity index (χ3v) is 13.4. The summed E-state index contributed by atoms with van der Waals surface area (Å²) < 4.78 is 0. The first-order valence-electron chi connectivity index (χ1n) is 16.4. The molecule has 0 spiro atoms. The first-order valence-corrected chi connectivity index (χ1v) is 17.8. The molecule has 6 aliphatic rings. The van der Waals surface area contributed by atoms with E-state index in [9.17, 15) is 0 Å². The number of rotatable bonds is 5. The van der Waals surface area contributed by atoms with Crippen molar-refractivity contribution in [1.29, 1.82) is 0 Å². The fraction of sp³-hybridized carbons (Fsp3) is 0.824. The fourth-order valence-electron chi connectivity index (χ4n) is 10.2. The molecule has 224 valence electrons. The summed E-state index contributed by atoms with van der Waals surface area (Å²) >= 11 is 0. The molecular formula is C34H58N4P2. The lowest BCUT2D eigenvalue weighted by Gasteiger charge is -2.63. The summed E-state index contributed by atoms with van der Waals surface area (Å²) in [6.07, 6.45) is 8.49. The van der Waals surface area contributed by atoms with Crippen molar-refractivity contribution in [2.45, 2.75) is 107 Å². The highest BCUT2D eigenvalue weighted by Crippen LogP contribution is 2.65. The highest BCUT2D eigenvalue weighted by Gasteiger charge is 2.59. The van der Waals surface area contributed by atoms with Crippen LogP contribution in [0.4, 0.5) is 0 Å². The van der Waals surface area contributed by atoms with Gasteiger partial charge in [0.2, 0.25) is 0 Å². The van der Waals surface area contributed by atoms with Crippen molar-refractivity contribution in [3.63, 3.8) is 0 Å². The van der Waals surface area contributed by atoms with Gasteiger partial charge in [-0.2, -0.15) is 0 Å². The van der Waals surface area contributed by atoms with Gasteiger partial charge in [-0.15, -0.1) is 18.5 Å². The minimum Gasteiger partial charge on any atom is -0.314 e. The zero-order chi connectivity index (χ0) is 28.5. The Morgan fingerprint density at radius 2 is 1.27 bits per heavy atom. The van der Waals surface area contributed by atoms with Crippen LogP contribution in [0.5, 0.6) is 0 Å². The van der Waals surface area contributed by atoms with E-state index in [4.69, 9.17) is 0 Å². The molecule has 0 radical (unpaired) electrons. The Balaban J connectivity index is 1.64. The van der Waals surface area contributed by atoms with Gasteiger partial charge in [-0.25, -0.2) is 0 Å². The van der Waals surface area contributed by atoms with Gasteiger partial charge in [0.1, 0.15) is 0 Å². The van der Waals surface area contributed by atoms with E-state index in [0.717, 1.165) is 62.9 Å². The van der Waals surface area contributed by atoms with E-state index >= 15 is 0 Å². The molecule has 2 aliphatic heterocycles. The Labute approximate surface area is 249 Å². The molecule has 4 nitrogen and oxygen atoms in total. The molecule has 6 fully saturated rings. The van der Waals surface area contributed by atoms with Crippen molar-refractivity contribution < 1.29 is 0 Å². The van der Waals surface area contributed by atoms with E-state index in [2.05, 4.69) is 93.4 Å². The minimum absolute atomic E-state index is 0.0828. The normalized spacial score (nSPS) is 37.9. The van der Waals surface area contributed by atoms with E-state index < -0.39 is 0 Å². The van der Waals surface area contributed by atoms with E-state index in [1.807, 2.05) is 0 Å². The largest absolute Gasteiger partial charge is 0.314 e. The SMILES string of the molecule is CC(C)(C)c1cc(C23CC4CC(CC(C4)C2CP)C3)c(C(P)(C2CNCCN2)C2CNCCN2)cc1C(C)(C)C. The lowest BCUT2D eigenvalue weighted by Crippen LogP contribution is -2.67. The van der Waals surface area contributed by atoms with Gasteiger partial charge in [0.25, 0.3) is 0 Å². The first kappa shape index (κ1) is 30.0. The predicted octanol–water partition coefficient (Wildman–Crippen LogP) is 5.04. The molecule has 2 heterocycles. The number of hydrogen-bond donors (Lipinski definition) is 4. The molecule has 0 aromatic heterocycles. The zero-order valence-electron chi connectivity index (χ0n) is 26.3. The summed E-state index contributed by atoms with van der Waals surface area (Å²) in [7, 11) is 6.75. The number of piperazine rings is 2. The molecule has 7 unspecified atom stereocenters. The van der Waals surface area contributed by atoms with Gasteiger partial charge in [-0.3, -0.25) is 0 Å². The number of benzene rings is 1. The lowest BCUT2D eigenvalue weighted by molar-refractivity contribution is -0.0525. The van der Waals surface area contributed by atoms with Gasteiger partial charge in [-0.1, -0.05) is 53.7 Å². The van der Waals surface area contributed by atoms with Crippen molar-refractivity contribution in [3.8, 4) is 0 Å². The minimum atomic E-state index is -0.110. The molecule has 1 aromatic rings. The molecule has 1 aromatic carbocycles. The maximum absolute atomic E-state index is 4.03. The molecule has 4 aliphatic carbocycles. The predicted molar refractivity (Wildman–Crippen MR) is 178 cm³/mol. The summed E-state index contributed by atoms with van der Waals surface area (Å²) in [5.74, 6) is 3.52. The third-order valence-electron chi connectivity index (χ3n) is 11.8. The monoisotopic (exact) mass is 584 g/mol. The van der Waals surface area contributed by atoms with Gasteiger partial charge in [0, 0.05) is 56.5 Å². The van der Waals surface area contributed by atoms with Crippen molar-refractivity contribution >= 4 is 18.5 Å². The first-order chi connectivity index (χ1) is 18.9. The highest BCUT2D eigenvalue weighted by molar-refractivity contribution is 7.18. The third kappa shape index (κ3) is 4.98. The van der Waals surface area contributed by atoms with Crippen LogP contribution in [0.3, 0.4) is 0 Å². The van der Waals surface area contributed by atoms with Crippen LogP contribution < -0.4 is 21.3 Å². The van der Waals surface area contributed by atoms with Gasteiger partial charge in [0.05, 0.1) is 0 Å². The summed E-state index contributed by atoms with van der Waals surface area (Å²) in [6, 6.07) is 6.26. The maximum Gasteiger partial charge on any atom is 0.0429 e. The van der Waals surface area contributed by atoms with Gasteiger partial charge in [0.15, 0.2) is 0 Å². The quantitative estimate of drug-likeness (QED) is 0.366. The Morgan fingerprint density at radius 3 is 1.73 bits per heavy atom. The van der Waals surface area contributed by atoms with Gasteiger partial charge >= 0.3 is 0 Å². The second kappa shape index (κ2) is 10.8. The van der Waals surface area contributed by atoms with E-state index in [-0.39, 0.29) is 16.0 Å². The van der Waals surface area contributed by atoms with E-state index in [0.29, 0.717) is 17.5 Å². The van der Waals surface area contributed by atoms with Crippen LogP contribution in [0.2, 0.25) is 0 Å². The van der Waals surface area contributed by atoms with Crippen LogP contribution >= 0.6 is 18.5 Å². The van der Waals surface area contributed by atoms with Crippen molar-refractivity contribution in [3.05, 3.63) is 34.4 Å². The summed E-state index contributed by atoms with van der Waals surface area (Å²) in [5.41, 5.74) is 6.97. The molecule has 4 saturated carbocycles. The lowest BCUT2D eigenvalue weighted by atomic mass is 9.43. The Kier molecular flexibility index (Phi) is 8.11. The molecular weight excluding hydrogens is 526 g/mol. The van der Waals surface area contributed by atoms with E-state index in [1.165, 1.54) is 38.3 Å². The molecule has 4 bridgehead atoms. The van der Waals surface area contributed by atoms with Gasteiger partial charge in [-0.05, 0) is 100 Å². The fourth-order valence-corrected chi connectivity index (χ4v) is 11.7. The average Bonchev–Trinajstić information content (AvgIpc) is 2.91. The van der Waals surface area contributed by atoms with Crippen LogP contribution in [0.1, 0.15) is 95.9 Å². The molecule has 7 atom stereocenters.